The zero-order valence-corrected chi connectivity index (χ0v) is 18.0. The standard InChI is InChI=1S/C23H31BrN2O/c1-25-14-16-26(17-15-25)13-6-2-3-7-18-27-21-10-8-9-20(19-21)22-11-4-5-12-23(22)24/h4-5,8-12,19H,2-3,6-7,13-18H2,1H3. The van der Waals surface area contributed by atoms with Gasteiger partial charge in [-0.3, -0.25) is 0 Å². The second-order valence-electron chi connectivity index (χ2n) is 7.42. The molecule has 0 atom stereocenters. The lowest BCUT2D eigenvalue weighted by Crippen LogP contribution is -2.44. The summed E-state index contributed by atoms with van der Waals surface area (Å²) < 4.78 is 7.10. The molecule has 0 bridgehead atoms. The number of nitrogens with zero attached hydrogens (tertiary/aromatic N) is 2. The summed E-state index contributed by atoms with van der Waals surface area (Å²) in [7, 11) is 2.21. The Bertz CT molecular complexity index is 698. The monoisotopic (exact) mass is 430 g/mol. The highest BCUT2D eigenvalue weighted by Gasteiger charge is 2.12. The van der Waals surface area contributed by atoms with Crippen molar-refractivity contribution in [1.29, 1.82) is 0 Å². The Kier molecular flexibility index (Phi) is 8.18. The van der Waals surface area contributed by atoms with Crippen molar-refractivity contribution in [3.05, 3.63) is 53.0 Å². The molecule has 0 radical (unpaired) electrons. The van der Waals surface area contributed by atoms with E-state index < -0.39 is 0 Å². The van der Waals surface area contributed by atoms with Gasteiger partial charge in [-0.25, -0.2) is 0 Å². The lowest BCUT2D eigenvalue weighted by atomic mass is 10.1. The summed E-state index contributed by atoms with van der Waals surface area (Å²) in [6, 6.07) is 16.7. The number of hydrogen-bond donors (Lipinski definition) is 0. The summed E-state index contributed by atoms with van der Waals surface area (Å²) >= 11 is 3.63. The second-order valence-corrected chi connectivity index (χ2v) is 8.27. The van der Waals surface area contributed by atoms with E-state index in [-0.39, 0.29) is 0 Å². The normalized spacial score (nSPS) is 15.8. The molecule has 3 nitrogen and oxygen atoms in total. The Morgan fingerprint density at radius 2 is 1.67 bits per heavy atom. The molecule has 1 aliphatic heterocycles. The van der Waals surface area contributed by atoms with E-state index in [0.717, 1.165) is 23.2 Å². The van der Waals surface area contributed by atoms with Gasteiger partial charge in [-0.15, -0.1) is 0 Å². The number of likely N-dealkylation sites (N-methyl/N-ethyl adjacent to an activating group) is 1. The molecule has 0 saturated carbocycles. The van der Waals surface area contributed by atoms with E-state index >= 15 is 0 Å². The number of unbranched alkanes of at least 4 members (excludes halogenated alkanes) is 3. The number of ether oxygens (including phenoxy) is 1. The van der Waals surface area contributed by atoms with Crippen molar-refractivity contribution in [2.45, 2.75) is 25.7 Å². The molecule has 0 spiro atoms. The van der Waals surface area contributed by atoms with Gasteiger partial charge in [0, 0.05) is 30.7 Å². The first-order valence-corrected chi connectivity index (χ1v) is 10.9. The van der Waals surface area contributed by atoms with E-state index in [4.69, 9.17) is 4.74 Å². The topological polar surface area (TPSA) is 15.7 Å². The van der Waals surface area contributed by atoms with Crippen molar-refractivity contribution in [3.8, 4) is 16.9 Å². The summed E-state index contributed by atoms with van der Waals surface area (Å²) in [5.41, 5.74) is 2.39. The average molecular weight is 431 g/mol. The molecule has 2 aromatic carbocycles. The molecular weight excluding hydrogens is 400 g/mol. The van der Waals surface area contributed by atoms with Crippen LogP contribution in [-0.2, 0) is 0 Å². The summed E-state index contributed by atoms with van der Waals surface area (Å²) in [5.74, 6) is 0.959. The number of hydrogen-bond acceptors (Lipinski definition) is 3. The van der Waals surface area contributed by atoms with E-state index in [1.807, 2.05) is 12.1 Å². The lowest BCUT2D eigenvalue weighted by Gasteiger charge is -2.32. The van der Waals surface area contributed by atoms with Crippen molar-refractivity contribution in [2.75, 3.05) is 46.4 Å². The molecular formula is C23H31BrN2O. The SMILES string of the molecule is CN1CCN(CCCCCCOc2cccc(-c3ccccc3Br)c2)CC1. The van der Waals surface area contributed by atoms with E-state index in [1.54, 1.807) is 0 Å². The Balaban J connectivity index is 1.33. The quantitative estimate of drug-likeness (QED) is 0.501. The number of halogens is 1. The molecule has 0 amide bonds. The number of rotatable bonds is 9. The van der Waals surface area contributed by atoms with Crippen molar-refractivity contribution in [2.24, 2.45) is 0 Å². The molecule has 0 unspecified atom stereocenters. The Labute approximate surface area is 172 Å². The van der Waals surface area contributed by atoms with Gasteiger partial charge in [0.25, 0.3) is 0 Å². The zero-order chi connectivity index (χ0) is 18.9. The van der Waals surface area contributed by atoms with E-state index in [2.05, 4.69) is 69.2 Å². The summed E-state index contributed by atoms with van der Waals surface area (Å²) in [6.07, 6.45) is 4.98. The van der Waals surface area contributed by atoms with Crippen LogP contribution < -0.4 is 4.74 Å². The van der Waals surface area contributed by atoms with Gasteiger partial charge in [-0.2, -0.15) is 0 Å². The summed E-state index contributed by atoms with van der Waals surface area (Å²) in [5, 5.41) is 0. The minimum Gasteiger partial charge on any atom is -0.494 e. The Morgan fingerprint density at radius 1 is 0.889 bits per heavy atom. The van der Waals surface area contributed by atoms with Crippen LogP contribution in [0, 0.1) is 0 Å². The van der Waals surface area contributed by atoms with Gasteiger partial charge in [0.15, 0.2) is 0 Å². The molecule has 4 heteroatoms. The van der Waals surface area contributed by atoms with Crippen LogP contribution in [0.2, 0.25) is 0 Å². The minimum atomic E-state index is 0.800. The third-order valence-electron chi connectivity index (χ3n) is 5.25. The van der Waals surface area contributed by atoms with Crippen LogP contribution in [0.25, 0.3) is 11.1 Å². The molecule has 0 aliphatic carbocycles. The van der Waals surface area contributed by atoms with Crippen LogP contribution in [0.1, 0.15) is 25.7 Å². The first kappa shape index (κ1) is 20.4. The fraction of sp³-hybridized carbons (Fsp3) is 0.478. The summed E-state index contributed by atoms with van der Waals surface area (Å²) in [4.78, 5) is 5.02. The van der Waals surface area contributed by atoms with E-state index in [9.17, 15) is 0 Å². The number of piperazine rings is 1. The molecule has 146 valence electrons. The maximum Gasteiger partial charge on any atom is 0.119 e. The van der Waals surface area contributed by atoms with E-state index in [1.165, 1.54) is 63.1 Å². The lowest BCUT2D eigenvalue weighted by molar-refractivity contribution is 0.151. The highest BCUT2D eigenvalue weighted by Crippen LogP contribution is 2.30. The van der Waals surface area contributed by atoms with Crippen LogP contribution in [0.3, 0.4) is 0 Å². The third kappa shape index (κ3) is 6.63. The van der Waals surface area contributed by atoms with Gasteiger partial charge in [0.2, 0.25) is 0 Å². The fourth-order valence-corrected chi connectivity index (χ4v) is 4.01. The van der Waals surface area contributed by atoms with Crippen molar-refractivity contribution in [3.63, 3.8) is 0 Å². The van der Waals surface area contributed by atoms with Crippen LogP contribution in [0.5, 0.6) is 5.75 Å². The van der Waals surface area contributed by atoms with Crippen LogP contribution in [0.15, 0.2) is 53.0 Å². The highest BCUT2D eigenvalue weighted by atomic mass is 79.9. The molecule has 1 aliphatic rings. The predicted molar refractivity (Wildman–Crippen MR) is 117 cm³/mol. The van der Waals surface area contributed by atoms with Crippen LogP contribution in [0.4, 0.5) is 0 Å². The van der Waals surface area contributed by atoms with E-state index in [0.29, 0.717) is 0 Å². The van der Waals surface area contributed by atoms with Crippen molar-refractivity contribution >= 4 is 15.9 Å². The predicted octanol–water partition coefficient (Wildman–Crippen LogP) is 5.30. The van der Waals surface area contributed by atoms with Gasteiger partial charge >= 0.3 is 0 Å². The maximum atomic E-state index is 5.99. The Hall–Kier alpha value is -1.36. The maximum absolute atomic E-state index is 5.99. The van der Waals surface area contributed by atoms with Gasteiger partial charge in [0.1, 0.15) is 5.75 Å². The largest absolute Gasteiger partial charge is 0.494 e. The van der Waals surface area contributed by atoms with Crippen molar-refractivity contribution < 1.29 is 4.74 Å². The highest BCUT2D eigenvalue weighted by molar-refractivity contribution is 9.10. The van der Waals surface area contributed by atoms with Gasteiger partial charge in [-0.05, 0) is 55.8 Å². The second kappa shape index (κ2) is 10.8. The smallest absolute Gasteiger partial charge is 0.119 e. The van der Waals surface area contributed by atoms with Gasteiger partial charge in [0.05, 0.1) is 6.61 Å². The molecule has 0 N–H and O–H groups in total. The molecule has 1 saturated heterocycles. The van der Waals surface area contributed by atoms with Crippen molar-refractivity contribution in [1.82, 2.24) is 9.80 Å². The molecule has 1 fully saturated rings. The minimum absolute atomic E-state index is 0.800. The third-order valence-corrected chi connectivity index (χ3v) is 5.94. The molecule has 27 heavy (non-hydrogen) atoms. The molecule has 1 heterocycles. The molecule has 0 aromatic heterocycles. The van der Waals surface area contributed by atoms with Crippen LogP contribution >= 0.6 is 15.9 Å². The average Bonchev–Trinajstić information content (AvgIpc) is 2.69. The van der Waals surface area contributed by atoms with Gasteiger partial charge in [-0.1, -0.05) is 59.1 Å². The zero-order valence-electron chi connectivity index (χ0n) is 16.4. The first-order chi connectivity index (χ1) is 13.2. The van der Waals surface area contributed by atoms with Gasteiger partial charge < -0.3 is 14.5 Å². The number of benzene rings is 2. The molecule has 2 aromatic rings. The Morgan fingerprint density at radius 3 is 2.48 bits per heavy atom. The first-order valence-electron chi connectivity index (χ1n) is 10.1. The summed E-state index contributed by atoms with van der Waals surface area (Å²) in [6.45, 7) is 6.94. The molecule has 3 rings (SSSR count). The fourth-order valence-electron chi connectivity index (χ4n) is 3.50. The van der Waals surface area contributed by atoms with Crippen LogP contribution in [-0.4, -0.2) is 56.2 Å².